The van der Waals surface area contributed by atoms with Gasteiger partial charge in [-0.3, -0.25) is 0 Å². The molecule has 0 bridgehead atoms. The Kier molecular flexibility index (Phi) is 4.94. The number of hydrogen-bond donors (Lipinski definition) is 3. The SMILES string of the molecule is Cc1cc2c(F)c(Nc3nc(Nc4cccc(C(F)(F)F)c4)ncc3C#N)ccc2[nH]1. The Morgan fingerprint density at radius 3 is 2.65 bits per heavy atom. The third-order valence-corrected chi connectivity index (χ3v) is 4.48. The van der Waals surface area contributed by atoms with Gasteiger partial charge in [0, 0.05) is 22.3 Å². The molecule has 10 heteroatoms. The van der Waals surface area contributed by atoms with Gasteiger partial charge in [-0.2, -0.15) is 23.4 Å². The Balaban J connectivity index is 1.66. The van der Waals surface area contributed by atoms with Crippen molar-refractivity contribution in [3.63, 3.8) is 0 Å². The molecule has 0 aliphatic heterocycles. The van der Waals surface area contributed by atoms with Gasteiger partial charge in [-0.25, -0.2) is 9.37 Å². The van der Waals surface area contributed by atoms with Crippen molar-refractivity contribution in [2.24, 2.45) is 0 Å². The molecule has 0 atom stereocenters. The molecule has 3 N–H and O–H groups in total. The lowest BCUT2D eigenvalue weighted by Gasteiger charge is -2.12. The summed E-state index contributed by atoms with van der Waals surface area (Å²) < 4.78 is 53.6. The molecule has 2 aromatic carbocycles. The summed E-state index contributed by atoms with van der Waals surface area (Å²) in [7, 11) is 0. The third-order valence-electron chi connectivity index (χ3n) is 4.48. The van der Waals surface area contributed by atoms with Crippen molar-refractivity contribution in [2.45, 2.75) is 13.1 Å². The molecule has 6 nitrogen and oxygen atoms in total. The van der Waals surface area contributed by atoms with Crippen LogP contribution in [0.1, 0.15) is 16.8 Å². The number of H-pyrrole nitrogens is 1. The van der Waals surface area contributed by atoms with E-state index in [0.717, 1.165) is 17.8 Å². The van der Waals surface area contributed by atoms with E-state index in [4.69, 9.17) is 0 Å². The molecular weight excluding hydrogens is 412 g/mol. The Labute approximate surface area is 173 Å². The summed E-state index contributed by atoms with van der Waals surface area (Å²) in [5, 5.41) is 15.1. The highest BCUT2D eigenvalue weighted by Crippen LogP contribution is 2.32. The van der Waals surface area contributed by atoms with Crippen LogP contribution in [0.25, 0.3) is 10.9 Å². The molecule has 0 unspecified atom stereocenters. The van der Waals surface area contributed by atoms with Gasteiger partial charge < -0.3 is 15.6 Å². The van der Waals surface area contributed by atoms with Crippen LogP contribution in [-0.2, 0) is 6.18 Å². The third kappa shape index (κ3) is 4.11. The second kappa shape index (κ2) is 7.60. The summed E-state index contributed by atoms with van der Waals surface area (Å²) in [4.78, 5) is 11.1. The Morgan fingerprint density at radius 1 is 1.10 bits per heavy atom. The molecule has 2 aromatic heterocycles. The molecule has 0 spiro atoms. The minimum Gasteiger partial charge on any atom is -0.359 e. The van der Waals surface area contributed by atoms with Crippen molar-refractivity contribution >= 4 is 34.0 Å². The van der Waals surface area contributed by atoms with Crippen LogP contribution in [0.3, 0.4) is 0 Å². The number of halogens is 4. The normalized spacial score (nSPS) is 11.4. The first-order valence-corrected chi connectivity index (χ1v) is 9.01. The zero-order valence-corrected chi connectivity index (χ0v) is 16.0. The number of aromatic amines is 1. The maximum absolute atomic E-state index is 14.9. The second-order valence-electron chi connectivity index (χ2n) is 6.74. The minimum absolute atomic E-state index is 0.0116. The fourth-order valence-electron chi connectivity index (χ4n) is 3.05. The highest BCUT2D eigenvalue weighted by molar-refractivity contribution is 5.86. The summed E-state index contributed by atoms with van der Waals surface area (Å²) in [5.41, 5.74) is 0.822. The molecule has 31 heavy (non-hydrogen) atoms. The van der Waals surface area contributed by atoms with Gasteiger partial charge in [0.2, 0.25) is 5.95 Å². The lowest BCUT2D eigenvalue weighted by atomic mass is 10.2. The summed E-state index contributed by atoms with van der Waals surface area (Å²) in [6.45, 7) is 1.80. The van der Waals surface area contributed by atoms with Gasteiger partial charge >= 0.3 is 6.18 Å². The Bertz CT molecular complexity index is 1320. The average Bonchev–Trinajstić information content (AvgIpc) is 3.11. The van der Waals surface area contributed by atoms with E-state index in [1.54, 1.807) is 19.1 Å². The summed E-state index contributed by atoms with van der Waals surface area (Å²) >= 11 is 0. The van der Waals surface area contributed by atoms with Gasteiger partial charge in [0.15, 0.2) is 11.6 Å². The van der Waals surface area contributed by atoms with Crippen LogP contribution in [0.4, 0.5) is 40.7 Å². The van der Waals surface area contributed by atoms with Crippen molar-refractivity contribution in [1.82, 2.24) is 15.0 Å². The van der Waals surface area contributed by atoms with Crippen molar-refractivity contribution < 1.29 is 17.6 Å². The maximum atomic E-state index is 14.9. The molecule has 4 aromatic rings. The second-order valence-corrected chi connectivity index (χ2v) is 6.74. The first kappa shape index (κ1) is 20.2. The van der Waals surface area contributed by atoms with Gasteiger partial charge in [0.25, 0.3) is 0 Å². The molecule has 0 saturated heterocycles. The van der Waals surface area contributed by atoms with Crippen molar-refractivity contribution in [3.05, 3.63) is 71.3 Å². The molecule has 0 radical (unpaired) electrons. The Morgan fingerprint density at radius 2 is 1.90 bits per heavy atom. The average molecular weight is 426 g/mol. The summed E-state index contributed by atoms with van der Waals surface area (Å²) in [6, 6.07) is 11.3. The molecule has 0 aliphatic carbocycles. The van der Waals surface area contributed by atoms with Crippen LogP contribution in [0.2, 0.25) is 0 Å². The quantitative estimate of drug-likeness (QED) is 0.360. The molecule has 4 rings (SSSR count). The van der Waals surface area contributed by atoms with Crippen molar-refractivity contribution in [2.75, 3.05) is 10.6 Å². The van der Waals surface area contributed by atoms with Crippen molar-refractivity contribution in [1.29, 1.82) is 5.26 Å². The number of nitrogens with one attached hydrogen (secondary N) is 3. The topological polar surface area (TPSA) is 89.4 Å². The van der Waals surface area contributed by atoms with E-state index in [1.165, 1.54) is 24.4 Å². The fraction of sp³-hybridized carbons (Fsp3) is 0.0952. The first-order chi connectivity index (χ1) is 14.7. The predicted octanol–water partition coefficient (Wildman–Crippen LogP) is 5.78. The molecule has 0 fully saturated rings. The van der Waals surface area contributed by atoms with E-state index in [0.29, 0.717) is 10.9 Å². The van der Waals surface area contributed by atoms with Crippen LogP contribution < -0.4 is 10.6 Å². The highest BCUT2D eigenvalue weighted by Gasteiger charge is 2.30. The molecule has 0 aliphatic rings. The van der Waals surface area contributed by atoms with E-state index in [2.05, 4.69) is 25.6 Å². The summed E-state index contributed by atoms with van der Waals surface area (Å²) in [6.07, 6.45) is -3.30. The van der Waals surface area contributed by atoms with Gasteiger partial charge in [0.05, 0.1) is 17.4 Å². The number of benzene rings is 2. The smallest absolute Gasteiger partial charge is 0.359 e. The number of nitriles is 1. The molecular formula is C21H14F4N6. The zero-order valence-electron chi connectivity index (χ0n) is 16.0. The number of hydrogen-bond acceptors (Lipinski definition) is 5. The van der Waals surface area contributed by atoms with Crippen LogP contribution in [-0.4, -0.2) is 15.0 Å². The maximum Gasteiger partial charge on any atom is 0.416 e. The first-order valence-electron chi connectivity index (χ1n) is 9.01. The van der Waals surface area contributed by atoms with E-state index >= 15 is 0 Å². The Hall–Kier alpha value is -4.13. The number of anilines is 4. The number of alkyl halides is 3. The monoisotopic (exact) mass is 426 g/mol. The van der Waals surface area contributed by atoms with Crippen LogP contribution in [0.5, 0.6) is 0 Å². The molecule has 2 heterocycles. The molecule has 156 valence electrons. The van der Waals surface area contributed by atoms with E-state index < -0.39 is 17.6 Å². The van der Waals surface area contributed by atoms with Crippen LogP contribution >= 0.6 is 0 Å². The number of nitrogens with zero attached hydrogens (tertiary/aromatic N) is 3. The zero-order chi connectivity index (χ0) is 22.2. The van der Waals surface area contributed by atoms with E-state index in [1.807, 2.05) is 6.07 Å². The molecule has 0 saturated carbocycles. The number of aryl methyl sites for hydroxylation is 1. The lowest BCUT2D eigenvalue weighted by Crippen LogP contribution is -2.07. The summed E-state index contributed by atoms with van der Waals surface area (Å²) in [5.74, 6) is -0.575. The van der Waals surface area contributed by atoms with Crippen LogP contribution in [0.15, 0.2) is 48.7 Å². The van der Waals surface area contributed by atoms with Gasteiger partial charge in [-0.1, -0.05) is 6.07 Å². The van der Waals surface area contributed by atoms with E-state index in [9.17, 15) is 22.8 Å². The largest absolute Gasteiger partial charge is 0.416 e. The number of aromatic nitrogens is 3. The predicted molar refractivity (Wildman–Crippen MR) is 108 cm³/mol. The lowest BCUT2D eigenvalue weighted by molar-refractivity contribution is -0.137. The van der Waals surface area contributed by atoms with Crippen LogP contribution in [0, 0.1) is 24.1 Å². The van der Waals surface area contributed by atoms with Gasteiger partial charge in [0.1, 0.15) is 11.6 Å². The standard InChI is InChI=1S/C21H14F4N6/c1-11-7-15-16(28-11)5-6-17(18(15)22)30-19-12(9-26)10-27-20(31-19)29-14-4-2-3-13(8-14)21(23,24)25/h2-8,10,28H,1H3,(H2,27,29,30,31). The number of fused-ring (bicyclic) bond motifs is 1. The molecule has 0 amide bonds. The van der Waals surface area contributed by atoms with Gasteiger partial charge in [-0.15, -0.1) is 0 Å². The van der Waals surface area contributed by atoms with Gasteiger partial charge in [-0.05, 0) is 43.3 Å². The highest BCUT2D eigenvalue weighted by atomic mass is 19.4. The van der Waals surface area contributed by atoms with Crippen molar-refractivity contribution in [3.8, 4) is 6.07 Å². The minimum atomic E-state index is -4.50. The fourth-order valence-corrected chi connectivity index (χ4v) is 3.05. The van der Waals surface area contributed by atoms with E-state index in [-0.39, 0.29) is 28.7 Å². The number of rotatable bonds is 4.